The van der Waals surface area contributed by atoms with E-state index >= 15 is 0 Å². The van der Waals surface area contributed by atoms with Gasteiger partial charge in [0, 0.05) is 0 Å². The van der Waals surface area contributed by atoms with Crippen molar-refractivity contribution in [2.75, 3.05) is 7.11 Å². The second-order valence-electron chi connectivity index (χ2n) is 5.42. The molecular formula is C13H22BrNO4. The van der Waals surface area contributed by atoms with Crippen molar-refractivity contribution in [1.82, 2.24) is 5.32 Å². The Hall–Kier alpha value is -1.04. The quantitative estimate of drug-likeness (QED) is 0.633. The number of rotatable bonds is 4. The van der Waals surface area contributed by atoms with E-state index in [0.29, 0.717) is 0 Å². The number of hydrogen-bond donors (Lipinski definition) is 1. The van der Waals surface area contributed by atoms with Crippen LogP contribution in [0, 0.1) is 5.92 Å². The first-order chi connectivity index (χ1) is 8.56. The molecule has 1 unspecified atom stereocenters. The number of halogens is 1. The summed E-state index contributed by atoms with van der Waals surface area (Å²) in [6.45, 7) is 9.22. The van der Waals surface area contributed by atoms with E-state index in [9.17, 15) is 9.59 Å². The van der Waals surface area contributed by atoms with E-state index in [2.05, 4.69) is 26.0 Å². The standard InChI is InChI=1S/C13H22BrNO4/c1-8(2)10(7-9(14)11(16)18-6)15-12(17)19-13(3,4)5/h7-8,10H,1-6H3,(H,15,17)/b9-7+. The Morgan fingerprint density at radius 1 is 1.26 bits per heavy atom. The number of carbonyl (C=O) groups excluding carboxylic acids is 2. The van der Waals surface area contributed by atoms with Crippen molar-refractivity contribution in [3.8, 4) is 0 Å². The SMILES string of the molecule is COC(=O)/C(Br)=C\C(NC(=O)OC(C)(C)C)C(C)C. The molecule has 0 rings (SSSR count). The highest BCUT2D eigenvalue weighted by molar-refractivity contribution is 9.12. The topological polar surface area (TPSA) is 64.6 Å². The van der Waals surface area contributed by atoms with Crippen LogP contribution in [0.1, 0.15) is 34.6 Å². The van der Waals surface area contributed by atoms with Gasteiger partial charge >= 0.3 is 12.1 Å². The summed E-state index contributed by atoms with van der Waals surface area (Å²) >= 11 is 3.12. The first-order valence-corrected chi connectivity index (χ1v) is 6.81. The Morgan fingerprint density at radius 3 is 2.16 bits per heavy atom. The van der Waals surface area contributed by atoms with Gasteiger partial charge in [-0.1, -0.05) is 13.8 Å². The third-order valence-corrected chi connectivity index (χ3v) is 2.70. The molecule has 0 saturated carbocycles. The van der Waals surface area contributed by atoms with Crippen LogP contribution in [0.5, 0.6) is 0 Å². The predicted molar refractivity (Wildman–Crippen MR) is 77.0 cm³/mol. The lowest BCUT2D eigenvalue weighted by Crippen LogP contribution is -2.41. The van der Waals surface area contributed by atoms with E-state index in [1.54, 1.807) is 26.8 Å². The summed E-state index contributed by atoms with van der Waals surface area (Å²) in [6.07, 6.45) is 1.08. The molecule has 1 atom stereocenters. The van der Waals surface area contributed by atoms with Crippen LogP contribution in [0.3, 0.4) is 0 Å². The number of carbonyl (C=O) groups is 2. The lowest BCUT2D eigenvalue weighted by atomic mass is 10.0. The second kappa shape index (κ2) is 7.53. The summed E-state index contributed by atoms with van der Waals surface area (Å²) in [7, 11) is 1.29. The van der Waals surface area contributed by atoms with Gasteiger partial charge in [-0.2, -0.15) is 0 Å². The van der Waals surface area contributed by atoms with Crippen LogP contribution in [0.25, 0.3) is 0 Å². The van der Waals surface area contributed by atoms with Crippen LogP contribution >= 0.6 is 15.9 Å². The van der Waals surface area contributed by atoms with Gasteiger partial charge in [-0.15, -0.1) is 0 Å². The monoisotopic (exact) mass is 335 g/mol. The third kappa shape index (κ3) is 7.87. The maximum atomic E-state index is 11.7. The van der Waals surface area contributed by atoms with E-state index in [-0.39, 0.29) is 16.4 Å². The van der Waals surface area contributed by atoms with Crippen LogP contribution in [-0.2, 0) is 14.3 Å². The maximum absolute atomic E-state index is 11.7. The van der Waals surface area contributed by atoms with Gasteiger partial charge in [-0.05, 0) is 48.7 Å². The van der Waals surface area contributed by atoms with E-state index in [1.165, 1.54) is 7.11 Å². The highest BCUT2D eigenvalue weighted by Crippen LogP contribution is 2.14. The van der Waals surface area contributed by atoms with Crippen molar-refractivity contribution in [2.45, 2.75) is 46.3 Å². The minimum absolute atomic E-state index is 0.102. The zero-order chi connectivity index (χ0) is 15.2. The minimum Gasteiger partial charge on any atom is -0.465 e. The smallest absolute Gasteiger partial charge is 0.408 e. The molecule has 1 amide bonds. The van der Waals surface area contributed by atoms with Gasteiger partial charge in [0.05, 0.1) is 13.2 Å². The van der Waals surface area contributed by atoms with Crippen molar-refractivity contribution >= 4 is 28.0 Å². The van der Waals surface area contributed by atoms with Crippen molar-refractivity contribution < 1.29 is 19.1 Å². The second-order valence-corrected chi connectivity index (χ2v) is 6.28. The van der Waals surface area contributed by atoms with Gasteiger partial charge in [-0.25, -0.2) is 9.59 Å². The lowest BCUT2D eigenvalue weighted by molar-refractivity contribution is -0.135. The maximum Gasteiger partial charge on any atom is 0.408 e. The third-order valence-electron chi connectivity index (χ3n) is 2.11. The molecule has 0 aromatic rings. The van der Waals surface area contributed by atoms with Crippen LogP contribution in [0.15, 0.2) is 10.6 Å². The molecule has 0 aliphatic carbocycles. The van der Waals surface area contributed by atoms with Crippen molar-refractivity contribution in [3.05, 3.63) is 10.6 Å². The number of nitrogens with one attached hydrogen (secondary N) is 1. The molecule has 0 aliphatic rings. The van der Waals surface area contributed by atoms with E-state index in [0.717, 1.165) is 0 Å². The van der Waals surface area contributed by atoms with Crippen LogP contribution < -0.4 is 5.32 Å². The Bertz CT molecular complexity index is 358. The molecule has 0 bridgehead atoms. The van der Waals surface area contributed by atoms with Crippen LogP contribution in [0.4, 0.5) is 4.79 Å². The first kappa shape index (κ1) is 18.0. The number of methoxy groups -OCH3 is 1. The molecule has 0 aromatic carbocycles. The molecule has 0 radical (unpaired) electrons. The molecule has 0 spiro atoms. The van der Waals surface area contributed by atoms with E-state index in [1.807, 2.05) is 13.8 Å². The first-order valence-electron chi connectivity index (χ1n) is 6.02. The van der Waals surface area contributed by atoms with Crippen LogP contribution in [-0.4, -0.2) is 30.8 Å². The average molecular weight is 336 g/mol. The number of hydrogen-bond acceptors (Lipinski definition) is 4. The summed E-state index contributed by atoms with van der Waals surface area (Å²) in [5, 5.41) is 2.71. The van der Waals surface area contributed by atoms with Crippen molar-refractivity contribution in [3.63, 3.8) is 0 Å². The molecule has 5 nitrogen and oxygen atoms in total. The Balaban J connectivity index is 4.77. The van der Waals surface area contributed by atoms with Crippen molar-refractivity contribution in [1.29, 1.82) is 0 Å². The van der Waals surface area contributed by atoms with Gasteiger partial charge in [0.15, 0.2) is 0 Å². The zero-order valence-corrected chi connectivity index (χ0v) is 13.8. The molecule has 0 aromatic heterocycles. The Kier molecular flexibility index (Phi) is 7.11. The number of ether oxygens (including phenoxy) is 2. The largest absolute Gasteiger partial charge is 0.465 e. The molecule has 110 valence electrons. The molecular weight excluding hydrogens is 314 g/mol. The minimum atomic E-state index is -0.561. The fourth-order valence-corrected chi connectivity index (χ4v) is 1.61. The van der Waals surface area contributed by atoms with Crippen molar-refractivity contribution in [2.24, 2.45) is 5.92 Å². The van der Waals surface area contributed by atoms with Gasteiger partial charge in [0.25, 0.3) is 0 Å². The molecule has 0 aliphatic heterocycles. The van der Waals surface area contributed by atoms with E-state index < -0.39 is 17.7 Å². The summed E-state index contributed by atoms with van der Waals surface area (Å²) in [5.74, 6) is -0.388. The molecule has 0 heterocycles. The lowest BCUT2D eigenvalue weighted by Gasteiger charge is -2.24. The Morgan fingerprint density at radius 2 is 1.79 bits per heavy atom. The summed E-state index contributed by atoms with van der Waals surface area (Å²) in [5.41, 5.74) is -0.561. The molecule has 0 saturated heterocycles. The molecule has 19 heavy (non-hydrogen) atoms. The zero-order valence-electron chi connectivity index (χ0n) is 12.2. The van der Waals surface area contributed by atoms with Gasteiger partial charge < -0.3 is 14.8 Å². The Labute approximate surface area is 122 Å². The molecule has 6 heteroatoms. The van der Waals surface area contributed by atoms with Gasteiger partial charge in [0.1, 0.15) is 10.1 Å². The summed E-state index contributed by atoms with van der Waals surface area (Å²) in [4.78, 5) is 23.0. The number of esters is 1. The van der Waals surface area contributed by atoms with E-state index in [4.69, 9.17) is 4.74 Å². The fraction of sp³-hybridized carbons (Fsp3) is 0.692. The summed E-state index contributed by atoms with van der Waals surface area (Å²) in [6, 6.07) is -0.330. The molecule has 1 N–H and O–H groups in total. The van der Waals surface area contributed by atoms with Gasteiger partial charge in [-0.3, -0.25) is 0 Å². The predicted octanol–water partition coefficient (Wildman–Crippen LogP) is 2.99. The number of amides is 1. The summed E-state index contributed by atoms with van der Waals surface area (Å²) < 4.78 is 10.0. The highest BCUT2D eigenvalue weighted by Gasteiger charge is 2.21. The number of alkyl carbamates (subject to hydrolysis) is 1. The average Bonchev–Trinajstić information content (AvgIpc) is 2.24. The molecule has 0 fully saturated rings. The fourth-order valence-electron chi connectivity index (χ4n) is 1.17. The highest BCUT2D eigenvalue weighted by atomic mass is 79.9. The van der Waals surface area contributed by atoms with Crippen LogP contribution in [0.2, 0.25) is 0 Å². The normalized spacial score (nSPS) is 14.0. The van der Waals surface area contributed by atoms with Gasteiger partial charge in [0.2, 0.25) is 0 Å².